The number of aryl methyl sites for hydroxylation is 1. The second kappa shape index (κ2) is 12.6. The molecule has 0 saturated carbocycles. The number of pyridine rings is 2. The summed E-state index contributed by atoms with van der Waals surface area (Å²) in [4.78, 5) is 15.5. The Morgan fingerprint density at radius 3 is 2.08 bits per heavy atom. The fraction of sp³-hybridized carbons (Fsp3) is 0.0476. The fourth-order valence-corrected chi connectivity index (χ4v) is 9.82. The first-order valence-electron chi connectivity index (χ1n) is 16.2. The SMILES string of the molecule is CN1c2ccccc2N(c2cccc(-c3cccc4c3[cH-]c[n+]4C)n2)c2nc3c([Si](c4ccccc4)c4ccccc4)cccc3cc21.[Pt]. The molecule has 49 heavy (non-hydrogen) atoms. The van der Waals surface area contributed by atoms with Crippen LogP contribution >= 0.6 is 0 Å². The van der Waals surface area contributed by atoms with Crippen molar-refractivity contribution in [2.75, 3.05) is 16.8 Å². The largest absolute Gasteiger partial charge is 0.340 e. The molecule has 0 amide bonds. The number of fused-ring (bicyclic) bond motifs is 4. The van der Waals surface area contributed by atoms with Gasteiger partial charge in [0, 0.05) is 39.2 Å². The summed E-state index contributed by atoms with van der Waals surface area (Å²) in [5.41, 5.74) is 7.47. The van der Waals surface area contributed by atoms with Gasteiger partial charge in [0.05, 0.1) is 22.6 Å². The molecule has 7 heteroatoms. The quantitative estimate of drug-likeness (QED) is 0.0807. The second-order valence-corrected chi connectivity index (χ2v) is 14.7. The summed E-state index contributed by atoms with van der Waals surface area (Å²) in [5, 5.41) is 6.27. The van der Waals surface area contributed by atoms with Gasteiger partial charge < -0.3 is 4.90 Å². The molecular weight excluding hydrogens is 798 g/mol. The van der Waals surface area contributed by atoms with E-state index in [0.717, 1.165) is 50.9 Å². The molecule has 5 nitrogen and oxygen atoms in total. The number of hydrogen-bond acceptors (Lipinski definition) is 4. The van der Waals surface area contributed by atoms with Gasteiger partial charge in [0.15, 0.2) is 14.6 Å². The zero-order chi connectivity index (χ0) is 32.2. The van der Waals surface area contributed by atoms with Crippen molar-refractivity contribution in [1.82, 2.24) is 9.97 Å². The van der Waals surface area contributed by atoms with Crippen molar-refractivity contribution in [3.8, 4) is 11.3 Å². The Balaban J connectivity index is 0.00000348. The van der Waals surface area contributed by atoms with Crippen LogP contribution in [0.25, 0.3) is 33.1 Å². The number of nitrogens with zero attached hydrogens (tertiary/aromatic N) is 5. The average Bonchev–Trinajstić information content (AvgIpc) is 3.53. The van der Waals surface area contributed by atoms with Crippen LogP contribution < -0.4 is 29.9 Å². The maximum atomic E-state index is 5.62. The summed E-state index contributed by atoms with van der Waals surface area (Å²) in [7, 11) is 2.86. The van der Waals surface area contributed by atoms with Crippen LogP contribution in [0.15, 0.2) is 158 Å². The molecule has 1 aliphatic heterocycles. The topological polar surface area (TPSA) is 36.1 Å². The van der Waals surface area contributed by atoms with Crippen LogP contribution in [0.1, 0.15) is 0 Å². The van der Waals surface area contributed by atoms with Gasteiger partial charge in [-0.25, -0.2) is 9.97 Å². The van der Waals surface area contributed by atoms with Crippen molar-refractivity contribution >= 4 is 74.9 Å². The van der Waals surface area contributed by atoms with E-state index in [1.165, 1.54) is 26.5 Å². The van der Waals surface area contributed by atoms with E-state index < -0.39 is 8.80 Å². The number of anilines is 5. The summed E-state index contributed by atoms with van der Waals surface area (Å²) in [6.07, 6.45) is 2.11. The Bertz CT molecular complexity index is 2420. The van der Waals surface area contributed by atoms with E-state index in [4.69, 9.17) is 9.97 Å². The first-order chi connectivity index (χ1) is 23.7. The summed E-state index contributed by atoms with van der Waals surface area (Å²) in [6.45, 7) is 0. The van der Waals surface area contributed by atoms with Crippen LogP contribution in [0.4, 0.5) is 28.7 Å². The predicted octanol–water partition coefficient (Wildman–Crippen LogP) is 7.06. The Labute approximate surface area is 302 Å². The van der Waals surface area contributed by atoms with Gasteiger partial charge in [-0.3, -0.25) is 9.47 Å². The summed E-state index contributed by atoms with van der Waals surface area (Å²) < 4.78 is 2.16. The molecule has 0 spiro atoms. The maximum absolute atomic E-state index is 5.62. The van der Waals surface area contributed by atoms with E-state index in [1.54, 1.807) is 0 Å². The van der Waals surface area contributed by atoms with Crippen LogP contribution in [0.5, 0.6) is 0 Å². The first kappa shape index (κ1) is 31.0. The second-order valence-electron chi connectivity index (χ2n) is 12.2. The van der Waals surface area contributed by atoms with Gasteiger partial charge in [0.1, 0.15) is 24.6 Å². The molecule has 3 aromatic heterocycles. The normalized spacial score (nSPS) is 12.2. The van der Waals surface area contributed by atoms with Crippen LogP contribution in [0.3, 0.4) is 0 Å². The number of rotatable bonds is 5. The van der Waals surface area contributed by atoms with E-state index in [0.29, 0.717) is 0 Å². The molecule has 0 unspecified atom stereocenters. The van der Waals surface area contributed by atoms with Gasteiger partial charge in [-0.15, -0.1) is 11.5 Å². The average molecular weight is 830 g/mol. The van der Waals surface area contributed by atoms with E-state index in [1.807, 2.05) is 0 Å². The minimum Gasteiger partial charge on any atom is -0.340 e. The smallest absolute Gasteiger partial charge is 0.163 e. The molecule has 0 fully saturated rings. The van der Waals surface area contributed by atoms with E-state index in [2.05, 4.69) is 186 Å². The zero-order valence-corrected chi connectivity index (χ0v) is 30.3. The number of aromatic nitrogens is 3. The molecule has 239 valence electrons. The number of para-hydroxylation sites is 3. The van der Waals surface area contributed by atoms with Gasteiger partial charge in [-0.1, -0.05) is 125 Å². The van der Waals surface area contributed by atoms with Crippen molar-refractivity contribution in [1.29, 1.82) is 0 Å². The molecule has 0 saturated heterocycles. The molecule has 0 bridgehead atoms. The standard InChI is InChI=1S/C42H32N5Si.Pt/c1-45-27-26-33-32(19-12-23-35(33)45)34-20-13-25-40(43-34)47-37-22-10-9-21-36(37)46(2)38-28-29-14-11-24-39(41(29)44-42(38)47)48(30-15-5-3-6-16-30)31-17-7-4-8-18-31;/h3-28H,1-2H3;. The monoisotopic (exact) mass is 829 g/mol. The van der Waals surface area contributed by atoms with Gasteiger partial charge >= 0.3 is 0 Å². The zero-order valence-electron chi connectivity index (χ0n) is 27.1. The molecule has 5 aromatic carbocycles. The van der Waals surface area contributed by atoms with Crippen molar-refractivity contribution in [3.05, 3.63) is 158 Å². The molecule has 0 N–H and O–H groups in total. The summed E-state index contributed by atoms with van der Waals surface area (Å²) >= 11 is 0. The number of benzene rings is 5. The third kappa shape index (κ3) is 5.20. The predicted molar refractivity (Wildman–Crippen MR) is 200 cm³/mol. The van der Waals surface area contributed by atoms with Crippen LogP contribution in [0.2, 0.25) is 0 Å². The van der Waals surface area contributed by atoms with Crippen molar-refractivity contribution in [2.45, 2.75) is 0 Å². The van der Waals surface area contributed by atoms with Gasteiger partial charge in [-0.2, -0.15) is 0 Å². The maximum Gasteiger partial charge on any atom is 0.163 e. The van der Waals surface area contributed by atoms with E-state index in [-0.39, 0.29) is 21.1 Å². The third-order valence-electron chi connectivity index (χ3n) is 9.43. The van der Waals surface area contributed by atoms with Crippen molar-refractivity contribution < 1.29 is 25.6 Å². The van der Waals surface area contributed by atoms with Crippen LogP contribution in [0, 0.1) is 0 Å². The molecule has 0 atom stereocenters. The van der Waals surface area contributed by atoms with Crippen molar-refractivity contribution in [2.24, 2.45) is 7.05 Å². The van der Waals surface area contributed by atoms with Crippen LogP contribution in [-0.4, -0.2) is 25.8 Å². The van der Waals surface area contributed by atoms with E-state index in [9.17, 15) is 0 Å². The Hall–Kier alpha value is -5.29. The third-order valence-corrected chi connectivity index (χ3v) is 12.2. The molecule has 8 aromatic rings. The Morgan fingerprint density at radius 2 is 1.33 bits per heavy atom. The van der Waals surface area contributed by atoms with Crippen LogP contribution in [-0.2, 0) is 28.1 Å². The molecule has 1 radical (unpaired) electrons. The molecule has 4 heterocycles. The number of hydrogen-bond donors (Lipinski definition) is 0. The summed E-state index contributed by atoms with van der Waals surface area (Å²) in [6, 6.07) is 54.2. The first-order valence-corrected chi connectivity index (χ1v) is 17.7. The van der Waals surface area contributed by atoms with E-state index >= 15 is 0 Å². The molecule has 1 aliphatic rings. The van der Waals surface area contributed by atoms with Gasteiger partial charge in [0.25, 0.3) is 0 Å². The summed E-state index contributed by atoms with van der Waals surface area (Å²) in [5.74, 6) is 1.71. The molecular formula is C42H32N5PtSi. The van der Waals surface area contributed by atoms with Gasteiger partial charge in [0.2, 0.25) is 0 Å². The minimum atomic E-state index is -1.36. The Morgan fingerprint density at radius 1 is 0.653 bits per heavy atom. The van der Waals surface area contributed by atoms with Crippen molar-refractivity contribution in [3.63, 3.8) is 0 Å². The minimum absolute atomic E-state index is 0. The van der Waals surface area contributed by atoms with Gasteiger partial charge in [-0.05, 0) is 41.6 Å². The fourth-order valence-electron chi connectivity index (χ4n) is 7.11. The molecule has 0 aliphatic carbocycles. The Kier molecular flexibility index (Phi) is 7.99. The molecule has 9 rings (SSSR count).